The lowest BCUT2D eigenvalue weighted by Crippen LogP contribution is -2.61. The minimum Gasteiger partial charge on any atom is -0.468 e. The van der Waals surface area contributed by atoms with Crippen LogP contribution in [0.3, 0.4) is 0 Å². The Morgan fingerprint density at radius 2 is 1.28 bits per heavy atom. The van der Waals surface area contributed by atoms with Gasteiger partial charge in [-0.1, -0.05) is 73.7 Å². The molecule has 1 heterocycles. The van der Waals surface area contributed by atoms with Crippen LogP contribution < -0.4 is 10.6 Å². The monoisotopic (exact) mass is 405 g/mol. The van der Waals surface area contributed by atoms with E-state index in [1.165, 1.54) is 7.11 Å². The lowest BCUT2D eigenvalue weighted by atomic mass is 9.80. The number of nitrogens with zero attached hydrogens (tertiary/aromatic N) is 1. The zero-order valence-electron chi connectivity index (χ0n) is 16.5. The normalized spacial score (nSPS) is 21.9. The first-order chi connectivity index (χ1) is 14.1. The van der Waals surface area contributed by atoms with E-state index in [1.807, 2.05) is 103 Å². The molecule has 0 spiro atoms. The van der Waals surface area contributed by atoms with E-state index in [0.717, 1.165) is 5.56 Å². The van der Waals surface area contributed by atoms with E-state index < -0.39 is 13.3 Å². The van der Waals surface area contributed by atoms with Crippen molar-refractivity contribution in [1.29, 1.82) is 0 Å². The molecule has 5 heteroatoms. The largest absolute Gasteiger partial charge is 0.468 e. The summed E-state index contributed by atoms with van der Waals surface area (Å²) in [6.07, 6.45) is 0. The number of benzene rings is 3. The average Bonchev–Trinajstić information content (AvgIpc) is 2.78. The maximum absolute atomic E-state index is 14.9. The predicted molar refractivity (Wildman–Crippen MR) is 116 cm³/mol. The molecule has 0 radical (unpaired) electrons. The average molecular weight is 405 g/mol. The summed E-state index contributed by atoms with van der Waals surface area (Å²) in [6.45, 7) is 2.02. The van der Waals surface area contributed by atoms with E-state index in [0.29, 0.717) is 10.6 Å². The van der Waals surface area contributed by atoms with E-state index in [9.17, 15) is 9.36 Å². The smallest absolute Gasteiger partial charge is 0.323 e. The third-order valence-corrected chi connectivity index (χ3v) is 8.83. The van der Waals surface area contributed by atoms with Gasteiger partial charge in [-0.05, 0) is 29.8 Å². The van der Waals surface area contributed by atoms with Crippen LogP contribution >= 0.6 is 7.29 Å². The summed E-state index contributed by atoms with van der Waals surface area (Å²) in [5.41, 5.74) is 1.05. The maximum atomic E-state index is 14.9. The van der Waals surface area contributed by atoms with Gasteiger partial charge < -0.3 is 4.74 Å². The highest BCUT2D eigenvalue weighted by Gasteiger charge is 2.58. The second kappa shape index (κ2) is 7.98. The maximum Gasteiger partial charge on any atom is 0.323 e. The second-order valence-corrected chi connectivity index (χ2v) is 9.96. The van der Waals surface area contributed by atoms with Crippen molar-refractivity contribution in [3.05, 3.63) is 96.6 Å². The van der Waals surface area contributed by atoms with Gasteiger partial charge in [0, 0.05) is 22.6 Å². The molecule has 29 heavy (non-hydrogen) atoms. The number of ether oxygens (including phenoxy) is 1. The van der Waals surface area contributed by atoms with E-state index in [1.54, 1.807) is 0 Å². The third kappa shape index (κ3) is 3.23. The molecule has 1 aliphatic heterocycles. The van der Waals surface area contributed by atoms with Crippen LogP contribution in [0.15, 0.2) is 91.0 Å². The number of carbonyl (C=O) groups excluding carboxylic acids is 1. The molecular weight excluding hydrogens is 381 g/mol. The van der Waals surface area contributed by atoms with Crippen molar-refractivity contribution in [2.75, 3.05) is 7.11 Å². The molecule has 1 saturated heterocycles. The van der Waals surface area contributed by atoms with Crippen LogP contribution in [-0.4, -0.2) is 23.8 Å². The Labute approximate surface area is 171 Å². The molecule has 4 rings (SSSR count). The van der Waals surface area contributed by atoms with E-state index in [2.05, 4.69) is 0 Å². The fourth-order valence-corrected chi connectivity index (χ4v) is 7.64. The lowest BCUT2D eigenvalue weighted by Gasteiger charge is -2.55. The van der Waals surface area contributed by atoms with Crippen molar-refractivity contribution in [3.63, 3.8) is 0 Å². The molecule has 0 unspecified atom stereocenters. The van der Waals surface area contributed by atoms with E-state index in [-0.39, 0.29) is 17.9 Å². The van der Waals surface area contributed by atoms with Crippen LogP contribution in [0.1, 0.15) is 18.5 Å². The molecule has 1 aliphatic rings. The minimum absolute atomic E-state index is 0.0226. The lowest BCUT2D eigenvalue weighted by molar-refractivity contribution is -0.155. The quantitative estimate of drug-likeness (QED) is 0.473. The first-order valence-electron chi connectivity index (χ1n) is 9.72. The SMILES string of the molecule is COC(=O)[C@H]1[C@@H](C)[C@@H](c2ccccc2)N1P(=O)(c1ccccc1)c1ccccc1. The molecule has 3 aromatic carbocycles. The standard InChI is InChI=1S/C24H24NO3P/c1-18-22(19-12-6-3-7-13-19)25(23(18)24(26)28-2)29(27,20-14-8-4-9-15-20)21-16-10-5-11-17-21/h3-18,22-23H,1-2H3/t18-,22-,23+/m0/s1. The highest BCUT2D eigenvalue weighted by Crippen LogP contribution is 2.62. The summed E-state index contributed by atoms with van der Waals surface area (Å²) < 4.78 is 21.9. The molecule has 3 aromatic rings. The fraction of sp³-hybridized carbons (Fsp3) is 0.208. The van der Waals surface area contributed by atoms with E-state index >= 15 is 0 Å². The molecule has 1 fully saturated rings. The Morgan fingerprint density at radius 3 is 1.72 bits per heavy atom. The van der Waals surface area contributed by atoms with Crippen molar-refractivity contribution in [2.24, 2.45) is 5.92 Å². The summed E-state index contributed by atoms with van der Waals surface area (Å²) >= 11 is 0. The zero-order valence-corrected chi connectivity index (χ0v) is 17.4. The molecule has 0 amide bonds. The molecule has 4 nitrogen and oxygen atoms in total. The molecule has 3 atom stereocenters. The topological polar surface area (TPSA) is 46.6 Å². The Hall–Kier alpha value is -2.68. The van der Waals surface area contributed by atoms with Crippen LogP contribution in [0.4, 0.5) is 0 Å². The molecule has 0 bridgehead atoms. The molecule has 148 valence electrons. The Balaban J connectivity index is 1.93. The van der Waals surface area contributed by atoms with Crippen LogP contribution in [-0.2, 0) is 14.1 Å². The van der Waals surface area contributed by atoms with Crippen molar-refractivity contribution >= 4 is 23.9 Å². The first-order valence-corrected chi connectivity index (χ1v) is 11.4. The van der Waals surface area contributed by atoms with Crippen molar-refractivity contribution in [3.8, 4) is 0 Å². The van der Waals surface area contributed by atoms with Crippen LogP contribution in [0.2, 0.25) is 0 Å². The number of hydrogen-bond acceptors (Lipinski definition) is 3. The summed E-state index contributed by atoms with van der Waals surface area (Å²) in [5.74, 6) is -0.373. The van der Waals surface area contributed by atoms with Crippen molar-refractivity contribution in [2.45, 2.75) is 19.0 Å². The van der Waals surface area contributed by atoms with Gasteiger partial charge in [0.1, 0.15) is 6.04 Å². The van der Waals surface area contributed by atoms with E-state index in [4.69, 9.17) is 4.74 Å². The van der Waals surface area contributed by atoms with Gasteiger partial charge in [-0.25, -0.2) is 4.67 Å². The molecule has 0 saturated carbocycles. The van der Waals surface area contributed by atoms with Gasteiger partial charge in [0.25, 0.3) is 0 Å². The van der Waals surface area contributed by atoms with Crippen LogP contribution in [0, 0.1) is 5.92 Å². The van der Waals surface area contributed by atoms with Crippen molar-refractivity contribution < 1.29 is 14.1 Å². The van der Waals surface area contributed by atoms with Gasteiger partial charge in [-0.15, -0.1) is 0 Å². The molecule has 0 N–H and O–H groups in total. The Morgan fingerprint density at radius 1 is 0.828 bits per heavy atom. The number of esters is 1. The second-order valence-electron chi connectivity index (χ2n) is 7.31. The molecular formula is C24H24NO3P. The number of rotatable bonds is 5. The van der Waals surface area contributed by atoms with Crippen molar-refractivity contribution in [1.82, 2.24) is 4.67 Å². The minimum atomic E-state index is -3.28. The summed E-state index contributed by atoms with van der Waals surface area (Å²) in [4.78, 5) is 12.7. The zero-order chi connectivity index (χ0) is 20.4. The number of carbonyl (C=O) groups is 1. The van der Waals surface area contributed by atoms with Crippen LogP contribution in [0.25, 0.3) is 0 Å². The van der Waals surface area contributed by atoms with Gasteiger partial charge in [0.05, 0.1) is 7.11 Å². The summed E-state index contributed by atoms with van der Waals surface area (Å²) in [7, 11) is -1.89. The predicted octanol–water partition coefficient (Wildman–Crippen LogP) is 4.15. The summed E-state index contributed by atoms with van der Waals surface area (Å²) in [5, 5.41) is 1.43. The van der Waals surface area contributed by atoms with Gasteiger partial charge in [-0.3, -0.25) is 9.36 Å². The highest BCUT2D eigenvalue weighted by molar-refractivity contribution is 7.76. The Bertz CT molecular complexity index is 980. The highest BCUT2D eigenvalue weighted by atomic mass is 31.2. The van der Waals surface area contributed by atoms with Crippen LogP contribution in [0.5, 0.6) is 0 Å². The molecule has 0 aromatic heterocycles. The number of methoxy groups -OCH3 is 1. The third-order valence-electron chi connectivity index (χ3n) is 5.69. The van der Waals surface area contributed by atoms with Gasteiger partial charge >= 0.3 is 5.97 Å². The molecule has 0 aliphatic carbocycles. The van der Waals surface area contributed by atoms with Gasteiger partial charge in [-0.2, -0.15) is 0 Å². The first kappa shape index (κ1) is 19.6. The van der Waals surface area contributed by atoms with Gasteiger partial charge in [0.15, 0.2) is 0 Å². The number of hydrogen-bond donors (Lipinski definition) is 0. The van der Waals surface area contributed by atoms with Gasteiger partial charge in [0.2, 0.25) is 7.29 Å². The summed E-state index contributed by atoms with van der Waals surface area (Å²) in [6, 6.07) is 28.1. The fourth-order valence-electron chi connectivity index (χ4n) is 4.30. The Kier molecular flexibility index (Phi) is 5.40.